The molecule has 0 aliphatic heterocycles. The Balaban J connectivity index is 2.36. The van der Waals surface area contributed by atoms with Gasteiger partial charge in [0.2, 0.25) is 0 Å². The van der Waals surface area contributed by atoms with Crippen LogP contribution < -0.4 is 5.73 Å². The molecule has 1 aliphatic rings. The highest BCUT2D eigenvalue weighted by molar-refractivity contribution is 5.29. The Morgan fingerprint density at radius 1 is 1.33 bits per heavy atom. The van der Waals surface area contributed by atoms with Crippen LogP contribution in [0.4, 0.5) is 8.78 Å². The van der Waals surface area contributed by atoms with Crippen LogP contribution in [0.2, 0.25) is 0 Å². The molecular formula is C12H15F2N. The molecule has 82 valence electrons. The number of halogens is 2. The summed E-state index contributed by atoms with van der Waals surface area (Å²) < 4.78 is 26.6. The van der Waals surface area contributed by atoms with Crippen molar-refractivity contribution >= 4 is 0 Å². The summed E-state index contributed by atoms with van der Waals surface area (Å²) >= 11 is 0. The summed E-state index contributed by atoms with van der Waals surface area (Å²) in [5.41, 5.74) is 6.17. The number of hydrogen-bond donors (Lipinski definition) is 1. The molecule has 2 atom stereocenters. The average Bonchev–Trinajstić information content (AvgIpc) is 2.19. The van der Waals surface area contributed by atoms with E-state index in [9.17, 15) is 8.78 Å². The van der Waals surface area contributed by atoms with Gasteiger partial charge in [0.1, 0.15) is 0 Å². The van der Waals surface area contributed by atoms with E-state index in [4.69, 9.17) is 5.73 Å². The predicted molar refractivity (Wildman–Crippen MR) is 55.5 cm³/mol. The Morgan fingerprint density at radius 2 is 2.00 bits per heavy atom. The van der Waals surface area contributed by atoms with E-state index in [1.54, 1.807) is 12.1 Å². The molecule has 0 bridgehead atoms. The summed E-state index contributed by atoms with van der Waals surface area (Å²) in [6, 6.07) is 4.42. The summed E-state index contributed by atoms with van der Waals surface area (Å²) in [6.07, 6.45) is 0.730. The highest BCUT2D eigenvalue weighted by Gasteiger charge is 2.47. The topological polar surface area (TPSA) is 26.0 Å². The number of nitrogens with two attached hydrogens (primary N) is 1. The first-order valence-corrected chi connectivity index (χ1v) is 5.14. The van der Waals surface area contributed by atoms with Crippen molar-refractivity contribution in [1.82, 2.24) is 0 Å². The molecule has 0 amide bonds. The molecule has 1 saturated carbocycles. The third-order valence-electron chi connectivity index (χ3n) is 3.70. The molecule has 0 aromatic heterocycles. The van der Waals surface area contributed by atoms with E-state index >= 15 is 0 Å². The zero-order chi connectivity index (χ0) is 11.2. The van der Waals surface area contributed by atoms with Crippen LogP contribution in [0.5, 0.6) is 0 Å². The molecule has 2 N–H and O–H groups in total. The Kier molecular flexibility index (Phi) is 2.30. The van der Waals surface area contributed by atoms with Gasteiger partial charge in [-0.25, -0.2) is 8.78 Å². The largest absolute Gasteiger partial charge is 0.327 e. The fourth-order valence-electron chi connectivity index (χ4n) is 2.28. The molecular weight excluding hydrogens is 196 g/mol. The van der Waals surface area contributed by atoms with Gasteiger partial charge in [0.05, 0.1) is 0 Å². The van der Waals surface area contributed by atoms with Gasteiger partial charge in [0.25, 0.3) is 0 Å². The fourth-order valence-corrected chi connectivity index (χ4v) is 2.28. The van der Waals surface area contributed by atoms with Gasteiger partial charge in [0.15, 0.2) is 11.6 Å². The molecule has 3 heteroatoms. The van der Waals surface area contributed by atoms with Gasteiger partial charge >= 0.3 is 0 Å². The van der Waals surface area contributed by atoms with Crippen LogP contribution in [-0.4, -0.2) is 6.04 Å². The first kappa shape index (κ1) is 10.6. The molecule has 1 fully saturated rings. The first-order valence-electron chi connectivity index (χ1n) is 5.14. The standard InChI is InChI=1S/C12H15F2N/c1-12(2)8(6-10(12)15)7-4-3-5-9(13)11(7)14/h3-5,8,10H,6,15H2,1-2H3. The molecule has 0 radical (unpaired) electrons. The molecule has 0 heterocycles. The summed E-state index contributed by atoms with van der Waals surface area (Å²) in [4.78, 5) is 0. The highest BCUT2D eigenvalue weighted by atomic mass is 19.2. The Hall–Kier alpha value is -0.960. The normalized spacial score (nSPS) is 28.6. The van der Waals surface area contributed by atoms with Gasteiger partial charge in [-0.15, -0.1) is 0 Å². The van der Waals surface area contributed by atoms with Crippen LogP contribution in [0.1, 0.15) is 31.7 Å². The lowest BCUT2D eigenvalue weighted by Crippen LogP contribution is -2.53. The van der Waals surface area contributed by atoms with E-state index in [0.717, 1.165) is 12.5 Å². The molecule has 1 nitrogen and oxygen atoms in total. The Labute approximate surface area is 88.3 Å². The lowest BCUT2D eigenvalue weighted by molar-refractivity contribution is 0.0951. The quantitative estimate of drug-likeness (QED) is 0.759. The maximum atomic E-state index is 13.5. The van der Waals surface area contributed by atoms with Gasteiger partial charge in [-0.1, -0.05) is 26.0 Å². The summed E-state index contributed by atoms with van der Waals surface area (Å²) in [6.45, 7) is 3.99. The summed E-state index contributed by atoms with van der Waals surface area (Å²) in [7, 11) is 0. The van der Waals surface area contributed by atoms with E-state index < -0.39 is 11.6 Å². The minimum atomic E-state index is -0.774. The number of hydrogen-bond acceptors (Lipinski definition) is 1. The zero-order valence-corrected chi connectivity index (χ0v) is 8.93. The van der Waals surface area contributed by atoms with Gasteiger partial charge in [-0.05, 0) is 29.4 Å². The number of rotatable bonds is 1. The predicted octanol–water partition coefficient (Wildman–Crippen LogP) is 2.81. The monoisotopic (exact) mass is 211 g/mol. The van der Waals surface area contributed by atoms with Crippen molar-refractivity contribution in [3.8, 4) is 0 Å². The van der Waals surface area contributed by atoms with Gasteiger partial charge in [-0.3, -0.25) is 0 Å². The molecule has 1 aromatic rings. The van der Waals surface area contributed by atoms with Crippen LogP contribution in [0.25, 0.3) is 0 Å². The molecule has 1 aromatic carbocycles. The summed E-state index contributed by atoms with van der Waals surface area (Å²) in [5.74, 6) is -1.46. The highest BCUT2D eigenvalue weighted by Crippen LogP contribution is 2.52. The van der Waals surface area contributed by atoms with E-state index in [1.807, 2.05) is 13.8 Å². The van der Waals surface area contributed by atoms with E-state index in [-0.39, 0.29) is 17.4 Å². The zero-order valence-electron chi connectivity index (χ0n) is 8.93. The van der Waals surface area contributed by atoms with Crippen LogP contribution in [0.3, 0.4) is 0 Å². The van der Waals surface area contributed by atoms with Crippen molar-refractivity contribution < 1.29 is 8.78 Å². The molecule has 2 rings (SSSR count). The molecule has 0 saturated heterocycles. The van der Waals surface area contributed by atoms with Gasteiger partial charge < -0.3 is 5.73 Å². The van der Waals surface area contributed by atoms with Gasteiger partial charge in [0, 0.05) is 6.04 Å². The van der Waals surface area contributed by atoms with Gasteiger partial charge in [-0.2, -0.15) is 0 Å². The van der Waals surface area contributed by atoms with Crippen molar-refractivity contribution in [3.63, 3.8) is 0 Å². The Morgan fingerprint density at radius 3 is 2.53 bits per heavy atom. The Bertz CT molecular complexity index is 387. The minimum Gasteiger partial charge on any atom is -0.327 e. The molecule has 2 unspecified atom stereocenters. The summed E-state index contributed by atoms with van der Waals surface area (Å²) in [5, 5.41) is 0. The van der Waals surface area contributed by atoms with Crippen molar-refractivity contribution in [2.45, 2.75) is 32.2 Å². The lowest BCUT2D eigenvalue weighted by atomic mass is 9.56. The number of benzene rings is 1. The smallest absolute Gasteiger partial charge is 0.162 e. The molecule has 0 spiro atoms. The van der Waals surface area contributed by atoms with Crippen molar-refractivity contribution in [2.75, 3.05) is 0 Å². The average molecular weight is 211 g/mol. The van der Waals surface area contributed by atoms with Crippen molar-refractivity contribution in [2.24, 2.45) is 11.1 Å². The first-order chi connectivity index (χ1) is 6.94. The molecule has 15 heavy (non-hydrogen) atoms. The van der Waals surface area contributed by atoms with Crippen molar-refractivity contribution in [1.29, 1.82) is 0 Å². The third kappa shape index (κ3) is 1.46. The second-order valence-corrected chi connectivity index (χ2v) is 4.86. The SMILES string of the molecule is CC1(C)C(N)CC1c1cccc(F)c1F. The maximum Gasteiger partial charge on any atom is 0.162 e. The lowest BCUT2D eigenvalue weighted by Gasteiger charge is -2.50. The van der Waals surface area contributed by atoms with E-state index in [0.29, 0.717) is 5.56 Å². The van der Waals surface area contributed by atoms with E-state index in [1.165, 1.54) is 0 Å². The van der Waals surface area contributed by atoms with E-state index in [2.05, 4.69) is 0 Å². The van der Waals surface area contributed by atoms with Crippen LogP contribution in [0, 0.1) is 17.0 Å². The van der Waals surface area contributed by atoms with Crippen LogP contribution >= 0.6 is 0 Å². The second kappa shape index (κ2) is 3.27. The van der Waals surface area contributed by atoms with Crippen LogP contribution in [0.15, 0.2) is 18.2 Å². The third-order valence-corrected chi connectivity index (χ3v) is 3.70. The molecule has 1 aliphatic carbocycles. The maximum absolute atomic E-state index is 13.5. The van der Waals surface area contributed by atoms with Crippen LogP contribution in [-0.2, 0) is 0 Å². The second-order valence-electron chi connectivity index (χ2n) is 4.86. The fraction of sp³-hybridized carbons (Fsp3) is 0.500. The minimum absolute atomic E-state index is 0.0307. The van der Waals surface area contributed by atoms with Crippen molar-refractivity contribution in [3.05, 3.63) is 35.4 Å².